The summed E-state index contributed by atoms with van der Waals surface area (Å²) >= 11 is 0. The van der Waals surface area contributed by atoms with E-state index in [2.05, 4.69) is 41.4 Å². The highest BCUT2D eigenvalue weighted by Crippen LogP contribution is 2.15. The van der Waals surface area contributed by atoms with Gasteiger partial charge in [0.15, 0.2) is 0 Å². The zero-order valence-electron chi connectivity index (χ0n) is 13.5. The van der Waals surface area contributed by atoms with Crippen molar-refractivity contribution < 1.29 is 9.90 Å². The maximum Gasteiger partial charge on any atom is 0.320 e. The molecule has 1 saturated heterocycles. The van der Waals surface area contributed by atoms with E-state index in [9.17, 15) is 9.90 Å². The normalized spacial score (nSPS) is 20.7. The van der Waals surface area contributed by atoms with E-state index >= 15 is 0 Å². The predicted octanol–water partition coefficient (Wildman–Crippen LogP) is 2.88. The highest BCUT2D eigenvalue weighted by atomic mass is 16.4. The maximum absolute atomic E-state index is 11.4. The number of hydrogen-bond acceptors (Lipinski definition) is 3. The van der Waals surface area contributed by atoms with E-state index in [0.29, 0.717) is 0 Å². The summed E-state index contributed by atoms with van der Waals surface area (Å²) in [6, 6.07) is 10.4. The quantitative estimate of drug-likeness (QED) is 0.775. The molecule has 0 spiro atoms. The first-order valence-corrected chi connectivity index (χ1v) is 8.44. The van der Waals surface area contributed by atoms with Crippen molar-refractivity contribution in [2.75, 3.05) is 13.1 Å². The van der Waals surface area contributed by atoms with Gasteiger partial charge in [-0.1, -0.05) is 50.1 Å². The zero-order valence-corrected chi connectivity index (χ0v) is 13.5. The van der Waals surface area contributed by atoms with E-state index in [1.54, 1.807) is 0 Å². The van der Waals surface area contributed by atoms with Crippen molar-refractivity contribution >= 4 is 5.97 Å². The van der Waals surface area contributed by atoms with Gasteiger partial charge in [0.1, 0.15) is 6.04 Å². The van der Waals surface area contributed by atoms with Crippen LogP contribution >= 0.6 is 0 Å². The lowest BCUT2D eigenvalue weighted by Gasteiger charge is -2.34. The van der Waals surface area contributed by atoms with E-state index in [-0.39, 0.29) is 6.04 Å². The van der Waals surface area contributed by atoms with Gasteiger partial charge in [0.2, 0.25) is 0 Å². The fraction of sp³-hybridized carbons (Fsp3) is 0.611. The van der Waals surface area contributed by atoms with Crippen molar-refractivity contribution in [3.05, 3.63) is 35.9 Å². The number of rotatable bonds is 8. The molecule has 1 unspecified atom stereocenters. The Morgan fingerprint density at radius 2 is 2.18 bits per heavy atom. The largest absolute Gasteiger partial charge is 0.480 e. The van der Waals surface area contributed by atoms with Gasteiger partial charge >= 0.3 is 5.97 Å². The van der Waals surface area contributed by atoms with Crippen molar-refractivity contribution in [1.29, 1.82) is 0 Å². The summed E-state index contributed by atoms with van der Waals surface area (Å²) in [6.45, 7) is 5.08. The fourth-order valence-corrected chi connectivity index (χ4v) is 3.15. The van der Waals surface area contributed by atoms with E-state index in [1.165, 1.54) is 5.56 Å². The van der Waals surface area contributed by atoms with Crippen molar-refractivity contribution in [1.82, 2.24) is 10.2 Å². The van der Waals surface area contributed by atoms with Crippen LogP contribution in [-0.4, -0.2) is 41.1 Å². The van der Waals surface area contributed by atoms with Crippen LogP contribution in [0.1, 0.15) is 44.6 Å². The van der Waals surface area contributed by atoms with Gasteiger partial charge in [-0.05, 0) is 31.4 Å². The van der Waals surface area contributed by atoms with Crippen LogP contribution in [0.25, 0.3) is 0 Å². The first-order chi connectivity index (χ1) is 10.7. The van der Waals surface area contributed by atoms with Gasteiger partial charge in [-0.15, -0.1) is 0 Å². The molecule has 0 radical (unpaired) electrons. The van der Waals surface area contributed by atoms with Crippen molar-refractivity contribution in [2.24, 2.45) is 0 Å². The number of piperidine rings is 1. The molecule has 2 N–H and O–H groups in total. The minimum Gasteiger partial charge on any atom is -0.480 e. The van der Waals surface area contributed by atoms with Crippen LogP contribution in [0.15, 0.2) is 30.3 Å². The van der Waals surface area contributed by atoms with Crippen LogP contribution in [0.3, 0.4) is 0 Å². The van der Waals surface area contributed by atoms with Crippen LogP contribution in [0.5, 0.6) is 0 Å². The van der Waals surface area contributed by atoms with Gasteiger partial charge in [-0.25, -0.2) is 0 Å². The molecule has 1 aliphatic heterocycles. The summed E-state index contributed by atoms with van der Waals surface area (Å²) in [4.78, 5) is 13.8. The molecule has 0 amide bonds. The lowest BCUT2D eigenvalue weighted by Crippen LogP contribution is -2.51. The Hall–Kier alpha value is -1.39. The molecule has 0 bridgehead atoms. The molecule has 1 fully saturated rings. The Morgan fingerprint density at radius 1 is 1.41 bits per heavy atom. The standard InChI is InChI=1S/C18H28N2O2/c1-2-3-11-17(18(21)22)19-16-10-7-12-20(14-16)13-15-8-5-4-6-9-15/h4-6,8-9,16-17,19H,2-3,7,10-14H2,1H3,(H,21,22)/t16?,17-/m0/s1. The van der Waals surface area contributed by atoms with E-state index in [1.807, 2.05) is 6.07 Å². The summed E-state index contributed by atoms with van der Waals surface area (Å²) in [6.07, 6.45) is 4.92. The van der Waals surface area contributed by atoms with Gasteiger partial charge < -0.3 is 10.4 Å². The molecule has 2 atom stereocenters. The highest BCUT2D eigenvalue weighted by Gasteiger charge is 2.25. The number of benzene rings is 1. The molecule has 4 heteroatoms. The third kappa shape index (κ3) is 5.43. The van der Waals surface area contributed by atoms with Crippen LogP contribution in [-0.2, 0) is 11.3 Å². The molecule has 22 heavy (non-hydrogen) atoms. The SMILES string of the molecule is CCCC[C@H](NC1CCCN(Cc2ccccc2)C1)C(=O)O. The molecule has 1 aromatic rings. The fourth-order valence-electron chi connectivity index (χ4n) is 3.15. The molecule has 1 aromatic carbocycles. The number of carbonyl (C=O) groups is 1. The Labute approximate surface area is 133 Å². The molecule has 122 valence electrons. The van der Waals surface area contributed by atoms with Crippen molar-refractivity contribution in [3.63, 3.8) is 0 Å². The number of unbranched alkanes of at least 4 members (excludes halogenated alkanes) is 1. The molecule has 2 rings (SSSR count). The monoisotopic (exact) mass is 304 g/mol. The third-order valence-electron chi connectivity index (χ3n) is 4.34. The Bertz CT molecular complexity index is 450. The van der Waals surface area contributed by atoms with Crippen LogP contribution in [0, 0.1) is 0 Å². The van der Waals surface area contributed by atoms with E-state index in [4.69, 9.17) is 0 Å². The Morgan fingerprint density at radius 3 is 2.86 bits per heavy atom. The molecule has 0 aliphatic carbocycles. The number of aliphatic carboxylic acids is 1. The minimum atomic E-state index is -0.714. The number of carboxylic acid groups (broad SMARTS) is 1. The number of nitrogens with one attached hydrogen (secondary N) is 1. The van der Waals surface area contributed by atoms with Crippen LogP contribution < -0.4 is 5.32 Å². The van der Waals surface area contributed by atoms with Crippen LogP contribution in [0.4, 0.5) is 0 Å². The average Bonchev–Trinajstić information content (AvgIpc) is 2.52. The summed E-state index contributed by atoms with van der Waals surface area (Å²) < 4.78 is 0. The second-order valence-electron chi connectivity index (χ2n) is 6.26. The first kappa shape index (κ1) is 17.0. The van der Waals surface area contributed by atoms with Gasteiger partial charge in [-0.3, -0.25) is 9.69 Å². The summed E-state index contributed by atoms with van der Waals surface area (Å²) in [5.74, 6) is -0.714. The van der Waals surface area contributed by atoms with Gasteiger partial charge in [0, 0.05) is 19.1 Å². The number of carboxylic acids is 1. The number of nitrogens with zero attached hydrogens (tertiary/aromatic N) is 1. The maximum atomic E-state index is 11.4. The number of likely N-dealkylation sites (tertiary alicyclic amines) is 1. The summed E-state index contributed by atoms with van der Waals surface area (Å²) in [5.41, 5.74) is 1.32. The summed E-state index contributed by atoms with van der Waals surface area (Å²) in [7, 11) is 0. The first-order valence-electron chi connectivity index (χ1n) is 8.44. The zero-order chi connectivity index (χ0) is 15.8. The lowest BCUT2D eigenvalue weighted by atomic mass is 10.0. The minimum absolute atomic E-state index is 0.287. The molecule has 0 aromatic heterocycles. The molecule has 0 saturated carbocycles. The molecular formula is C18H28N2O2. The molecule has 1 heterocycles. The second kappa shape index (κ2) is 8.91. The smallest absolute Gasteiger partial charge is 0.320 e. The van der Waals surface area contributed by atoms with E-state index < -0.39 is 12.0 Å². The van der Waals surface area contributed by atoms with Crippen LogP contribution in [0.2, 0.25) is 0 Å². The molecular weight excluding hydrogens is 276 g/mol. The van der Waals surface area contributed by atoms with Crippen molar-refractivity contribution in [2.45, 2.75) is 57.7 Å². The highest BCUT2D eigenvalue weighted by molar-refractivity contribution is 5.73. The molecule has 1 aliphatic rings. The third-order valence-corrected chi connectivity index (χ3v) is 4.34. The van der Waals surface area contributed by atoms with Gasteiger partial charge in [0.05, 0.1) is 0 Å². The van der Waals surface area contributed by atoms with Crippen molar-refractivity contribution in [3.8, 4) is 0 Å². The molecule has 4 nitrogen and oxygen atoms in total. The number of hydrogen-bond donors (Lipinski definition) is 2. The topological polar surface area (TPSA) is 52.6 Å². The van der Waals surface area contributed by atoms with Gasteiger partial charge in [0.25, 0.3) is 0 Å². The van der Waals surface area contributed by atoms with E-state index in [0.717, 1.165) is 51.7 Å². The second-order valence-corrected chi connectivity index (χ2v) is 6.26. The Kier molecular flexibility index (Phi) is 6.87. The Balaban J connectivity index is 1.85. The predicted molar refractivity (Wildman–Crippen MR) is 88.8 cm³/mol. The lowest BCUT2D eigenvalue weighted by molar-refractivity contribution is -0.140. The summed E-state index contributed by atoms with van der Waals surface area (Å²) in [5, 5.41) is 12.7. The van der Waals surface area contributed by atoms with Gasteiger partial charge in [-0.2, -0.15) is 0 Å². The average molecular weight is 304 g/mol.